The van der Waals surface area contributed by atoms with E-state index in [-0.39, 0.29) is 5.91 Å². The molecule has 0 saturated heterocycles. The molecule has 0 aliphatic carbocycles. The molecular weight excluding hydrogens is 300 g/mol. The fourth-order valence-electron chi connectivity index (χ4n) is 2.78. The van der Waals surface area contributed by atoms with Crippen LogP contribution in [0.3, 0.4) is 0 Å². The first-order valence-corrected chi connectivity index (χ1v) is 7.77. The summed E-state index contributed by atoms with van der Waals surface area (Å²) in [5.41, 5.74) is 4.22. The van der Waals surface area contributed by atoms with Crippen molar-refractivity contribution >= 4 is 27.7 Å². The first kappa shape index (κ1) is 14.4. The van der Waals surface area contributed by atoms with Gasteiger partial charge in [-0.1, -0.05) is 24.3 Å². The van der Waals surface area contributed by atoms with Crippen molar-refractivity contribution in [2.45, 2.75) is 13.5 Å². The molecule has 0 radical (unpaired) electrons. The van der Waals surface area contributed by atoms with E-state index in [0.29, 0.717) is 12.2 Å². The number of amides is 1. The maximum Gasteiger partial charge on any atom is 0.270 e. The molecule has 118 valence electrons. The third kappa shape index (κ3) is 2.60. The summed E-state index contributed by atoms with van der Waals surface area (Å²) in [6.45, 7) is 2.44. The van der Waals surface area contributed by atoms with Crippen molar-refractivity contribution in [1.82, 2.24) is 20.3 Å². The van der Waals surface area contributed by atoms with E-state index in [1.165, 1.54) is 0 Å². The first-order chi connectivity index (χ1) is 11.7. The lowest BCUT2D eigenvalue weighted by Crippen LogP contribution is -2.23. The van der Waals surface area contributed by atoms with E-state index in [1.807, 2.05) is 43.3 Å². The molecule has 3 aromatic heterocycles. The zero-order valence-electron chi connectivity index (χ0n) is 13.2. The number of fused-ring (bicyclic) bond motifs is 3. The van der Waals surface area contributed by atoms with Gasteiger partial charge < -0.3 is 10.3 Å². The van der Waals surface area contributed by atoms with E-state index in [1.54, 1.807) is 12.4 Å². The fraction of sp³-hybridized carbons (Fsp3) is 0.105. The van der Waals surface area contributed by atoms with Gasteiger partial charge >= 0.3 is 0 Å². The maximum absolute atomic E-state index is 12.4. The summed E-state index contributed by atoms with van der Waals surface area (Å²) in [5, 5.41) is 4.92. The summed E-state index contributed by atoms with van der Waals surface area (Å²) >= 11 is 0. The lowest BCUT2D eigenvalue weighted by molar-refractivity contribution is 0.0946. The van der Waals surface area contributed by atoms with Crippen LogP contribution in [0.5, 0.6) is 0 Å². The molecule has 2 N–H and O–H groups in total. The average Bonchev–Trinajstić information content (AvgIpc) is 3.05. The van der Waals surface area contributed by atoms with Gasteiger partial charge in [0.1, 0.15) is 5.69 Å². The number of nitrogens with zero attached hydrogens (tertiary/aromatic N) is 2. The van der Waals surface area contributed by atoms with Gasteiger partial charge in [0.25, 0.3) is 5.91 Å². The number of nitrogens with one attached hydrogen (secondary N) is 2. The predicted molar refractivity (Wildman–Crippen MR) is 93.7 cm³/mol. The summed E-state index contributed by atoms with van der Waals surface area (Å²) in [7, 11) is 0. The normalized spacial score (nSPS) is 11.0. The number of rotatable bonds is 3. The Labute approximate surface area is 138 Å². The van der Waals surface area contributed by atoms with Gasteiger partial charge in [-0.2, -0.15) is 0 Å². The van der Waals surface area contributed by atoms with Gasteiger partial charge in [0.05, 0.1) is 11.0 Å². The molecule has 4 rings (SSSR count). The van der Waals surface area contributed by atoms with Gasteiger partial charge in [-0.25, -0.2) is 4.98 Å². The molecule has 0 unspecified atom stereocenters. The number of hydrogen-bond acceptors (Lipinski definition) is 3. The average molecular weight is 316 g/mol. The summed E-state index contributed by atoms with van der Waals surface area (Å²) < 4.78 is 0. The van der Waals surface area contributed by atoms with Crippen LogP contribution in [0.25, 0.3) is 21.8 Å². The Balaban J connectivity index is 1.66. The molecule has 0 spiro atoms. The molecule has 5 heteroatoms. The number of carbonyl (C=O) groups excluding carboxylic acids is 1. The molecule has 0 bridgehead atoms. The fourth-order valence-corrected chi connectivity index (χ4v) is 2.78. The Kier molecular flexibility index (Phi) is 3.46. The highest BCUT2D eigenvalue weighted by atomic mass is 16.1. The van der Waals surface area contributed by atoms with Gasteiger partial charge in [-0.3, -0.25) is 9.78 Å². The zero-order valence-corrected chi connectivity index (χ0v) is 13.2. The summed E-state index contributed by atoms with van der Waals surface area (Å²) in [5.74, 6) is -0.184. The highest BCUT2D eigenvalue weighted by Crippen LogP contribution is 2.24. The van der Waals surface area contributed by atoms with Crippen LogP contribution in [-0.4, -0.2) is 20.9 Å². The van der Waals surface area contributed by atoms with Crippen LogP contribution < -0.4 is 5.32 Å². The highest BCUT2D eigenvalue weighted by Gasteiger charge is 2.13. The molecule has 4 aromatic rings. The molecular formula is C19H16N4O. The maximum atomic E-state index is 12.4. The summed E-state index contributed by atoms with van der Waals surface area (Å²) in [6.07, 6.45) is 3.45. The highest BCUT2D eigenvalue weighted by molar-refractivity contribution is 6.07. The minimum Gasteiger partial charge on any atom is -0.357 e. The Morgan fingerprint density at radius 1 is 1.17 bits per heavy atom. The second kappa shape index (κ2) is 5.77. The lowest BCUT2D eigenvalue weighted by Gasteiger charge is -2.02. The van der Waals surface area contributed by atoms with E-state index < -0.39 is 0 Å². The van der Waals surface area contributed by atoms with Crippen LogP contribution in [0.1, 0.15) is 21.7 Å². The van der Waals surface area contributed by atoms with Crippen LogP contribution in [0.4, 0.5) is 0 Å². The standard InChI is InChI=1S/C19H16N4O/c1-12-4-5-14-6-7-15-9-16(23-18(15)17(14)22-12)19(24)21-11-13-3-2-8-20-10-13/h2-10,22H,11H2,1H3,(H,21,24). The van der Waals surface area contributed by atoms with Gasteiger partial charge in [-0.05, 0) is 30.7 Å². The number of H-pyrrole nitrogens is 1. The molecule has 24 heavy (non-hydrogen) atoms. The number of aromatic amines is 1. The van der Waals surface area contributed by atoms with Gasteiger partial charge in [0.15, 0.2) is 0 Å². The van der Waals surface area contributed by atoms with Gasteiger partial charge in [0, 0.05) is 35.4 Å². The lowest BCUT2D eigenvalue weighted by atomic mass is 10.1. The van der Waals surface area contributed by atoms with Crippen molar-refractivity contribution in [3.8, 4) is 0 Å². The molecule has 0 fully saturated rings. The van der Waals surface area contributed by atoms with Crippen molar-refractivity contribution in [2.75, 3.05) is 0 Å². The van der Waals surface area contributed by atoms with E-state index in [4.69, 9.17) is 0 Å². The third-order valence-electron chi connectivity index (χ3n) is 4.01. The van der Waals surface area contributed by atoms with Crippen LogP contribution >= 0.6 is 0 Å². The number of pyridine rings is 2. The Morgan fingerprint density at radius 2 is 2.00 bits per heavy atom. The second-order valence-corrected chi connectivity index (χ2v) is 5.79. The van der Waals surface area contributed by atoms with E-state index in [0.717, 1.165) is 33.1 Å². The number of hydrogen-bond donors (Lipinski definition) is 2. The van der Waals surface area contributed by atoms with Crippen LogP contribution in [0, 0.1) is 6.92 Å². The number of aryl methyl sites for hydroxylation is 1. The van der Waals surface area contributed by atoms with Crippen LogP contribution in [0.2, 0.25) is 0 Å². The van der Waals surface area contributed by atoms with Crippen LogP contribution in [0.15, 0.2) is 54.9 Å². The first-order valence-electron chi connectivity index (χ1n) is 7.77. The van der Waals surface area contributed by atoms with Crippen LogP contribution in [-0.2, 0) is 6.54 Å². The quantitative estimate of drug-likeness (QED) is 0.609. The SMILES string of the molecule is Cc1ccc2ccc3cc(C(=O)NCc4cccnc4)nc3c2[nH]1. The number of aromatic nitrogens is 3. The minimum atomic E-state index is -0.184. The molecule has 0 aliphatic heterocycles. The Morgan fingerprint density at radius 3 is 2.83 bits per heavy atom. The largest absolute Gasteiger partial charge is 0.357 e. The topological polar surface area (TPSA) is 70.7 Å². The van der Waals surface area contributed by atoms with E-state index >= 15 is 0 Å². The molecule has 1 amide bonds. The molecule has 0 saturated carbocycles. The molecule has 1 aromatic carbocycles. The van der Waals surface area contributed by atoms with Crippen molar-refractivity contribution in [2.24, 2.45) is 0 Å². The van der Waals surface area contributed by atoms with Crippen molar-refractivity contribution in [1.29, 1.82) is 0 Å². The Hall–Kier alpha value is -3.21. The predicted octanol–water partition coefficient (Wildman–Crippen LogP) is 3.35. The molecule has 5 nitrogen and oxygen atoms in total. The smallest absolute Gasteiger partial charge is 0.270 e. The van der Waals surface area contributed by atoms with Gasteiger partial charge in [-0.15, -0.1) is 0 Å². The van der Waals surface area contributed by atoms with Crippen molar-refractivity contribution in [3.63, 3.8) is 0 Å². The summed E-state index contributed by atoms with van der Waals surface area (Å²) in [4.78, 5) is 24.3. The second-order valence-electron chi connectivity index (χ2n) is 5.79. The number of benzene rings is 1. The number of carbonyl (C=O) groups is 1. The molecule has 0 atom stereocenters. The zero-order chi connectivity index (χ0) is 16.5. The van der Waals surface area contributed by atoms with E-state index in [2.05, 4.69) is 26.3 Å². The van der Waals surface area contributed by atoms with Crippen molar-refractivity contribution < 1.29 is 4.79 Å². The third-order valence-corrected chi connectivity index (χ3v) is 4.01. The van der Waals surface area contributed by atoms with Gasteiger partial charge in [0.2, 0.25) is 0 Å². The minimum absolute atomic E-state index is 0.184. The Bertz CT molecular complexity index is 1040. The summed E-state index contributed by atoms with van der Waals surface area (Å²) in [6, 6.07) is 13.7. The molecule has 0 aliphatic rings. The van der Waals surface area contributed by atoms with Crippen molar-refractivity contribution in [3.05, 3.63) is 71.8 Å². The molecule has 3 heterocycles. The van der Waals surface area contributed by atoms with E-state index in [9.17, 15) is 4.79 Å². The monoisotopic (exact) mass is 316 g/mol.